The van der Waals surface area contributed by atoms with Gasteiger partial charge in [0.25, 0.3) is 0 Å². The number of rotatable bonds is 3. The van der Waals surface area contributed by atoms with E-state index >= 15 is 0 Å². The van der Waals surface area contributed by atoms with E-state index in [1.54, 1.807) is 0 Å². The van der Waals surface area contributed by atoms with Crippen molar-refractivity contribution in [1.29, 1.82) is 5.41 Å². The predicted octanol–water partition coefficient (Wildman–Crippen LogP) is 2.74. The molecule has 0 aliphatic carbocycles. The molecule has 0 fully saturated rings. The van der Waals surface area contributed by atoms with E-state index in [9.17, 15) is 23.1 Å². The fourth-order valence-electron chi connectivity index (χ4n) is 1.97. The van der Waals surface area contributed by atoms with Crippen LogP contribution < -0.4 is 10.9 Å². The first-order chi connectivity index (χ1) is 9.81. The molecule has 1 aromatic carbocycles. The van der Waals surface area contributed by atoms with Gasteiger partial charge >= 0.3 is 5.63 Å². The van der Waals surface area contributed by atoms with E-state index in [4.69, 9.17) is 5.41 Å². The van der Waals surface area contributed by atoms with E-state index in [1.807, 2.05) is 0 Å². The standard InChI is InChI=1S/C13H11F3N2O3/c1-3-18-10-8(15)7(14)6-11(19)5(4(2)17)13(20)21-12(6)9(10)16/h17-19H,3H2,1-2H3. The highest BCUT2D eigenvalue weighted by Gasteiger charge is 2.27. The Kier molecular flexibility index (Phi) is 3.63. The maximum atomic E-state index is 14.1. The highest BCUT2D eigenvalue weighted by atomic mass is 19.2. The van der Waals surface area contributed by atoms with E-state index in [0.29, 0.717) is 0 Å². The van der Waals surface area contributed by atoms with Crippen molar-refractivity contribution in [2.24, 2.45) is 0 Å². The van der Waals surface area contributed by atoms with Crippen LogP contribution in [0.3, 0.4) is 0 Å². The number of nitrogens with one attached hydrogen (secondary N) is 2. The Hall–Kier alpha value is -2.51. The molecule has 8 heteroatoms. The van der Waals surface area contributed by atoms with Gasteiger partial charge in [-0.15, -0.1) is 0 Å². The zero-order valence-corrected chi connectivity index (χ0v) is 11.1. The highest BCUT2D eigenvalue weighted by molar-refractivity contribution is 6.03. The fraction of sp³-hybridized carbons (Fsp3) is 0.231. The lowest BCUT2D eigenvalue weighted by Gasteiger charge is -2.12. The number of benzene rings is 1. The van der Waals surface area contributed by atoms with Crippen LogP contribution in [-0.4, -0.2) is 17.4 Å². The Balaban J connectivity index is 3.04. The van der Waals surface area contributed by atoms with E-state index in [0.717, 1.165) is 6.92 Å². The molecule has 0 bridgehead atoms. The van der Waals surface area contributed by atoms with Crippen molar-refractivity contribution >= 4 is 22.4 Å². The number of hydrogen-bond acceptors (Lipinski definition) is 5. The van der Waals surface area contributed by atoms with Gasteiger partial charge in [-0.3, -0.25) is 0 Å². The normalized spacial score (nSPS) is 10.9. The Morgan fingerprint density at radius 3 is 2.43 bits per heavy atom. The summed E-state index contributed by atoms with van der Waals surface area (Å²) in [6.07, 6.45) is 0. The van der Waals surface area contributed by atoms with Gasteiger partial charge < -0.3 is 20.2 Å². The quantitative estimate of drug-likeness (QED) is 0.462. The lowest BCUT2D eigenvalue weighted by Crippen LogP contribution is -2.14. The van der Waals surface area contributed by atoms with Crippen LogP contribution in [0.5, 0.6) is 5.75 Å². The molecule has 1 heterocycles. The van der Waals surface area contributed by atoms with Gasteiger partial charge in [-0.2, -0.15) is 0 Å². The molecule has 0 spiro atoms. The monoisotopic (exact) mass is 300 g/mol. The summed E-state index contributed by atoms with van der Waals surface area (Å²) in [5, 5.41) is 18.6. The Morgan fingerprint density at radius 1 is 1.29 bits per heavy atom. The molecular weight excluding hydrogens is 289 g/mol. The van der Waals surface area contributed by atoms with Crippen LogP contribution in [0.4, 0.5) is 18.9 Å². The largest absolute Gasteiger partial charge is 0.506 e. The van der Waals surface area contributed by atoms with Gasteiger partial charge in [0.15, 0.2) is 23.0 Å². The summed E-state index contributed by atoms with van der Waals surface area (Å²) in [5.74, 6) is -5.45. The zero-order chi connectivity index (χ0) is 15.9. The summed E-state index contributed by atoms with van der Waals surface area (Å²) < 4.78 is 46.6. The molecule has 0 atom stereocenters. The van der Waals surface area contributed by atoms with E-state index in [2.05, 4.69) is 9.73 Å². The highest BCUT2D eigenvalue weighted by Crippen LogP contribution is 2.36. The predicted molar refractivity (Wildman–Crippen MR) is 70.7 cm³/mol. The van der Waals surface area contributed by atoms with Crippen molar-refractivity contribution in [3.05, 3.63) is 33.4 Å². The minimum absolute atomic E-state index is 0.104. The van der Waals surface area contributed by atoms with Crippen LogP contribution in [0, 0.1) is 22.9 Å². The van der Waals surface area contributed by atoms with Crippen LogP contribution >= 0.6 is 0 Å². The maximum Gasteiger partial charge on any atom is 0.349 e. The molecule has 3 N–H and O–H groups in total. The van der Waals surface area contributed by atoms with Crippen molar-refractivity contribution in [1.82, 2.24) is 0 Å². The molecule has 2 rings (SSSR count). The van der Waals surface area contributed by atoms with E-state index in [-0.39, 0.29) is 6.54 Å². The minimum atomic E-state index is -1.56. The molecule has 0 aliphatic rings. The number of aromatic hydroxyl groups is 1. The Bertz CT molecular complexity index is 815. The SMILES string of the molecule is CCNc1c(F)c(F)c2c(O)c(C(C)=N)c(=O)oc2c1F. The van der Waals surface area contributed by atoms with Gasteiger partial charge in [-0.25, -0.2) is 18.0 Å². The van der Waals surface area contributed by atoms with Crippen LogP contribution in [0.1, 0.15) is 19.4 Å². The van der Waals surface area contributed by atoms with Crippen LogP contribution in [-0.2, 0) is 0 Å². The minimum Gasteiger partial charge on any atom is -0.506 e. The number of fused-ring (bicyclic) bond motifs is 1. The van der Waals surface area contributed by atoms with Gasteiger partial charge in [0.2, 0.25) is 0 Å². The second kappa shape index (κ2) is 5.12. The fourth-order valence-corrected chi connectivity index (χ4v) is 1.97. The van der Waals surface area contributed by atoms with Gasteiger partial charge in [0.05, 0.1) is 0 Å². The average Bonchev–Trinajstić information content (AvgIpc) is 2.40. The third kappa shape index (κ3) is 2.12. The molecule has 21 heavy (non-hydrogen) atoms. The maximum absolute atomic E-state index is 14.1. The summed E-state index contributed by atoms with van der Waals surface area (Å²) in [6.45, 7) is 2.79. The summed E-state index contributed by atoms with van der Waals surface area (Å²) in [6, 6.07) is 0. The van der Waals surface area contributed by atoms with Gasteiger partial charge in [-0.1, -0.05) is 0 Å². The van der Waals surface area contributed by atoms with Crippen molar-refractivity contribution in [2.45, 2.75) is 13.8 Å². The van der Waals surface area contributed by atoms with Crippen molar-refractivity contribution < 1.29 is 22.7 Å². The summed E-state index contributed by atoms with van der Waals surface area (Å²) in [5.41, 5.74) is -3.96. The van der Waals surface area contributed by atoms with Gasteiger partial charge in [-0.05, 0) is 13.8 Å². The number of hydrogen-bond donors (Lipinski definition) is 3. The van der Waals surface area contributed by atoms with Crippen LogP contribution in [0.15, 0.2) is 9.21 Å². The van der Waals surface area contributed by atoms with Gasteiger partial charge in [0.1, 0.15) is 22.4 Å². The first-order valence-corrected chi connectivity index (χ1v) is 5.96. The van der Waals surface area contributed by atoms with Crippen molar-refractivity contribution in [2.75, 3.05) is 11.9 Å². The second-order valence-electron chi connectivity index (χ2n) is 4.29. The van der Waals surface area contributed by atoms with Crippen LogP contribution in [0.2, 0.25) is 0 Å². The number of halogens is 3. The molecule has 0 radical (unpaired) electrons. The van der Waals surface area contributed by atoms with E-state index in [1.165, 1.54) is 6.92 Å². The Morgan fingerprint density at radius 2 is 1.90 bits per heavy atom. The molecule has 0 saturated heterocycles. The smallest absolute Gasteiger partial charge is 0.349 e. The average molecular weight is 300 g/mol. The molecule has 2 aromatic rings. The molecule has 0 saturated carbocycles. The zero-order valence-electron chi connectivity index (χ0n) is 11.1. The Labute approximate surface area is 116 Å². The molecule has 0 amide bonds. The van der Waals surface area contributed by atoms with Gasteiger partial charge in [0, 0.05) is 12.3 Å². The van der Waals surface area contributed by atoms with Crippen LogP contribution in [0.25, 0.3) is 11.0 Å². The summed E-state index contributed by atoms with van der Waals surface area (Å²) in [7, 11) is 0. The lowest BCUT2D eigenvalue weighted by molar-refractivity contribution is 0.447. The third-order valence-corrected chi connectivity index (χ3v) is 2.88. The topological polar surface area (TPSA) is 86.3 Å². The lowest BCUT2D eigenvalue weighted by atomic mass is 10.1. The molecule has 112 valence electrons. The summed E-state index contributed by atoms with van der Waals surface area (Å²) >= 11 is 0. The van der Waals surface area contributed by atoms with E-state index < -0.39 is 56.8 Å². The number of anilines is 1. The molecule has 1 aromatic heterocycles. The second-order valence-corrected chi connectivity index (χ2v) is 4.29. The van der Waals surface area contributed by atoms with Crippen molar-refractivity contribution in [3.8, 4) is 5.75 Å². The summed E-state index contributed by atoms with van der Waals surface area (Å²) in [4.78, 5) is 11.6. The van der Waals surface area contributed by atoms with Crippen molar-refractivity contribution in [3.63, 3.8) is 0 Å². The molecule has 5 nitrogen and oxygen atoms in total. The first-order valence-electron chi connectivity index (χ1n) is 5.96. The third-order valence-electron chi connectivity index (χ3n) is 2.88. The molecule has 0 aliphatic heterocycles. The molecule has 0 unspecified atom stereocenters. The first kappa shape index (κ1) is 14.9. The molecular formula is C13H11F3N2O3.